The Bertz CT molecular complexity index is 445. The first kappa shape index (κ1) is 10.4. The highest BCUT2D eigenvalue weighted by Gasteiger charge is 2.37. The van der Waals surface area contributed by atoms with Crippen LogP contribution in [0.5, 0.6) is 0 Å². The van der Waals surface area contributed by atoms with Gasteiger partial charge in [-0.3, -0.25) is 19.5 Å². The van der Waals surface area contributed by atoms with E-state index in [-0.39, 0.29) is 17.9 Å². The van der Waals surface area contributed by atoms with E-state index in [4.69, 9.17) is 0 Å². The highest BCUT2D eigenvalue weighted by atomic mass is 16.2. The van der Waals surface area contributed by atoms with Crippen molar-refractivity contribution < 1.29 is 9.59 Å². The SMILES string of the molecule is O=C1c2ccncc2C(=O)N1CC1CCCN1. The van der Waals surface area contributed by atoms with Gasteiger partial charge in [-0.2, -0.15) is 0 Å². The summed E-state index contributed by atoms with van der Waals surface area (Å²) in [6, 6.07) is 1.85. The number of nitrogens with one attached hydrogen (secondary N) is 1. The summed E-state index contributed by atoms with van der Waals surface area (Å²) in [6.07, 6.45) is 5.14. The number of imide groups is 1. The van der Waals surface area contributed by atoms with Crippen LogP contribution in [0, 0.1) is 0 Å². The summed E-state index contributed by atoms with van der Waals surface area (Å²) in [7, 11) is 0. The van der Waals surface area contributed by atoms with E-state index < -0.39 is 0 Å². The molecule has 0 bridgehead atoms. The van der Waals surface area contributed by atoms with Crippen molar-refractivity contribution in [2.75, 3.05) is 13.1 Å². The fraction of sp³-hybridized carbons (Fsp3) is 0.417. The first-order valence-corrected chi connectivity index (χ1v) is 5.81. The van der Waals surface area contributed by atoms with Crippen molar-refractivity contribution in [2.24, 2.45) is 0 Å². The van der Waals surface area contributed by atoms with E-state index in [1.165, 1.54) is 11.1 Å². The molecule has 3 heterocycles. The van der Waals surface area contributed by atoms with E-state index in [0.717, 1.165) is 19.4 Å². The lowest BCUT2D eigenvalue weighted by atomic mass is 10.2. The third-order valence-electron chi connectivity index (χ3n) is 3.34. The molecule has 1 aromatic rings. The van der Waals surface area contributed by atoms with Gasteiger partial charge in [-0.05, 0) is 25.5 Å². The first-order chi connectivity index (χ1) is 8.27. The lowest BCUT2D eigenvalue weighted by Crippen LogP contribution is -2.40. The van der Waals surface area contributed by atoms with E-state index in [9.17, 15) is 9.59 Å². The van der Waals surface area contributed by atoms with Crippen LogP contribution in [0.15, 0.2) is 18.5 Å². The molecule has 1 saturated heterocycles. The molecular formula is C12H13N3O2. The molecule has 1 aromatic heterocycles. The predicted octanol–water partition coefficient (Wildman–Crippen LogP) is 0.430. The number of nitrogens with zero attached hydrogens (tertiary/aromatic N) is 2. The minimum absolute atomic E-state index is 0.193. The van der Waals surface area contributed by atoms with Gasteiger partial charge in [0.15, 0.2) is 0 Å². The minimum atomic E-state index is -0.216. The lowest BCUT2D eigenvalue weighted by Gasteiger charge is -2.18. The second kappa shape index (κ2) is 3.92. The van der Waals surface area contributed by atoms with Crippen LogP contribution in [0.4, 0.5) is 0 Å². The smallest absolute Gasteiger partial charge is 0.263 e. The Hall–Kier alpha value is -1.75. The summed E-state index contributed by atoms with van der Waals surface area (Å²) in [5.41, 5.74) is 0.901. The van der Waals surface area contributed by atoms with Crippen molar-refractivity contribution in [1.29, 1.82) is 0 Å². The Labute approximate surface area is 98.8 Å². The maximum Gasteiger partial charge on any atom is 0.263 e. The number of rotatable bonds is 2. The molecule has 88 valence electrons. The Morgan fingerprint density at radius 3 is 2.88 bits per heavy atom. The zero-order chi connectivity index (χ0) is 11.8. The van der Waals surface area contributed by atoms with Gasteiger partial charge in [-0.15, -0.1) is 0 Å². The fourth-order valence-corrected chi connectivity index (χ4v) is 2.43. The second-order valence-corrected chi connectivity index (χ2v) is 4.44. The molecule has 0 aromatic carbocycles. The van der Waals surface area contributed by atoms with Crippen LogP contribution in [-0.2, 0) is 0 Å². The first-order valence-electron chi connectivity index (χ1n) is 5.81. The maximum atomic E-state index is 12.0. The summed E-state index contributed by atoms with van der Waals surface area (Å²) in [6.45, 7) is 1.43. The third kappa shape index (κ3) is 1.63. The van der Waals surface area contributed by atoms with Crippen LogP contribution < -0.4 is 5.32 Å². The number of aromatic nitrogens is 1. The molecule has 0 spiro atoms. The summed E-state index contributed by atoms with van der Waals surface area (Å²) < 4.78 is 0. The van der Waals surface area contributed by atoms with Gasteiger partial charge < -0.3 is 5.32 Å². The largest absolute Gasteiger partial charge is 0.312 e. The molecule has 2 aliphatic rings. The number of hydrogen-bond donors (Lipinski definition) is 1. The van der Waals surface area contributed by atoms with E-state index in [2.05, 4.69) is 10.3 Å². The summed E-state index contributed by atoms with van der Waals surface area (Å²) in [4.78, 5) is 29.3. The van der Waals surface area contributed by atoms with Gasteiger partial charge >= 0.3 is 0 Å². The van der Waals surface area contributed by atoms with Gasteiger partial charge in [0.2, 0.25) is 0 Å². The predicted molar refractivity (Wildman–Crippen MR) is 60.6 cm³/mol. The average molecular weight is 231 g/mol. The number of fused-ring (bicyclic) bond motifs is 1. The molecule has 1 fully saturated rings. The third-order valence-corrected chi connectivity index (χ3v) is 3.34. The van der Waals surface area contributed by atoms with Gasteiger partial charge in [-0.1, -0.05) is 0 Å². The molecule has 1 unspecified atom stereocenters. The molecule has 5 nitrogen and oxygen atoms in total. The van der Waals surface area contributed by atoms with Crippen molar-refractivity contribution in [3.05, 3.63) is 29.6 Å². The molecule has 17 heavy (non-hydrogen) atoms. The summed E-state index contributed by atoms with van der Waals surface area (Å²) >= 11 is 0. The molecule has 0 radical (unpaired) electrons. The second-order valence-electron chi connectivity index (χ2n) is 4.44. The number of hydrogen-bond acceptors (Lipinski definition) is 4. The van der Waals surface area contributed by atoms with Gasteiger partial charge in [-0.25, -0.2) is 0 Å². The Kier molecular flexibility index (Phi) is 2.40. The average Bonchev–Trinajstić information content (AvgIpc) is 2.94. The molecule has 0 aliphatic carbocycles. The van der Waals surface area contributed by atoms with Gasteiger partial charge in [0.1, 0.15) is 0 Å². The van der Waals surface area contributed by atoms with Crippen molar-refractivity contribution in [2.45, 2.75) is 18.9 Å². The fourth-order valence-electron chi connectivity index (χ4n) is 2.43. The normalized spacial score (nSPS) is 23.3. The van der Waals surface area contributed by atoms with E-state index in [0.29, 0.717) is 17.7 Å². The van der Waals surface area contributed by atoms with Crippen LogP contribution in [-0.4, -0.2) is 40.8 Å². The number of carbonyl (C=O) groups is 2. The van der Waals surface area contributed by atoms with Crippen molar-refractivity contribution >= 4 is 11.8 Å². The molecule has 0 saturated carbocycles. The van der Waals surface area contributed by atoms with Crippen molar-refractivity contribution in [1.82, 2.24) is 15.2 Å². The zero-order valence-electron chi connectivity index (χ0n) is 9.35. The Morgan fingerprint density at radius 1 is 1.35 bits per heavy atom. The van der Waals surface area contributed by atoms with E-state index in [1.807, 2.05) is 0 Å². The van der Waals surface area contributed by atoms with Crippen LogP contribution in [0.1, 0.15) is 33.6 Å². The van der Waals surface area contributed by atoms with Gasteiger partial charge in [0.05, 0.1) is 11.1 Å². The zero-order valence-corrected chi connectivity index (χ0v) is 9.35. The standard InChI is InChI=1S/C12H13N3O2/c16-11-9-3-5-13-6-10(9)12(17)15(11)7-8-2-1-4-14-8/h3,5-6,8,14H,1-2,4,7H2. The summed E-state index contributed by atoms with van der Waals surface area (Å²) in [5, 5.41) is 3.29. The number of amides is 2. The summed E-state index contributed by atoms with van der Waals surface area (Å²) in [5.74, 6) is -0.409. The Morgan fingerprint density at radius 2 is 2.18 bits per heavy atom. The van der Waals surface area contributed by atoms with E-state index in [1.54, 1.807) is 12.3 Å². The van der Waals surface area contributed by atoms with Gasteiger partial charge in [0.25, 0.3) is 11.8 Å². The molecule has 1 atom stereocenters. The lowest BCUT2D eigenvalue weighted by molar-refractivity contribution is 0.0641. The highest BCUT2D eigenvalue weighted by Crippen LogP contribution is 2.22. The van der Waals surface area contributed by atoms with Crippen LogP contribution in [0.25, 0.3) is 0 Å². The van der Waals surface area contributed by atoms with E-state index >= 15 is 0 Å². The molecule has 1 N–H and O–H groups in total. The van der Waals surface area contributed by atoms with Crippen LogP contribution in [0.2, 0.25) is 0 Å². The number of carbonyl (C=O) groups excluding carboxylic acids is 2. The highest BCUT2D eigenvalue weighted by molar-refractivity contribution is 6.21. The van der Waals surface area contributed by atoms with Crippen molar-refractivity contribution in [3.8, 4) is 0 Å². The van der Waals surface area contributed by atoms with Crippen molar-refractivity contribution in [3.63, 3.8) is 0 Å². The Balaban J connectivity index is 1.84. The topological polar surface area (TPSA) is 62.3 Å². The number of pyridine rings is 1. The quantitative estimate of drug-likeness (QED) is 0.750. The molecule has 3 rings (SSSR count). The molecule has 2 amide bonds. The molecule has 5 heteroatoms. The molecule has 2 aliphatic heterocycles. The van der Waals surface area contributed by atoms with Crippen LogP contribution in [0.3, 0.4) is 0 Å². The van der Waals surface area contributed by atoms with Gasteiger partial charge in [0, 0.05) is 25.0 Å². The van der Waals surface area contributed by atoms with Crippen LogP contribution >= 0.6 is 0 Å². The molecular weight excluding hydrogens is 218 g/mol. The maximum absolute atomic E-state index is 12.0. The minimum Gasteiger partial charge on any atom is -0.312 e. The monoisotopic (exact) mass is 231 g/mol.